The molecule has 146 valence electrons. The van der Waals surface area contributed by atoms with E-state index in [-0.39, 0.29) is 11.9 Å². The van der Waals surface area contributed by atoms with Crippen LogP contribution in [0, 0.1) is 6.92 Å². The van der Waals surface area contributed by atoms with E-state index in [4.69, 9.17) is 20.9 Å². The Morgan fingerprint density at radius 3 is 2.63 bits per heavy atom. The van der Waals surface area contributed by atoms with Crippen LogP contribution in [0.3, 0.4) is 0 Å². The molecule has 0 saturated carbocycles. The van der Waals surface area contributed by atoms with Crippen molar-refractivity contribution in [3.63, 3.8) is 0 Å². The van der Waals surface area contributed by atoms with Crippen molar-refractivity contribution in [2.45, 2.75) is 19.9 Å². The number of amides is 1. The summed E-state index contributed by atoms with van der Waals surface area (Å²) >= 11 is 5.87. The Hall–Kier alpha value is -2.09. The van der Waals surface area contributed by atoms with Gasteiger partial charge in [-0.05, 0) is 38.1 Å². The number of rotatable bonds is 7. The normalized spacial score (nSPS) is 16.9. The second kappa shape index (κ2) is 9.21. The van der Waals surface area contributed by atoms with Gasteiger partial charge in [0.2, 0.25) is 11.8 Å². The molecule has 1 aromatic heterocycles. The molecular formula is C19H25ClN4O3. The second-order valence-corrected chi connectivity index (χ2v) is 7.11. The van der Waals surface area contributed by atoms with E-state index in [0.717, 1.165) is 44.2 Å². The van der Waals surface area contributed by atoms with E-state index < -0.39 is 0 Å². The number of halogens is 1. The number of aromatic nitrogens is 1. The van der Waals surface area contributed by atoms with Gasteiger partial charge in [0.05, 0.1) is 11.7 Å². The van der Waals surface area contributed by atoms with Crippen LogP contribution in [-0.4, -0.2) is 66.2 Å². The minimum absolute atomic E-state index is 0.0781. The van der Waals surface area contributed by atoms with Crippen LogP contribution < -0.4 is 10.1 Å². The summed E-state index contributed by atoms with van der Waals surface area (Å²) in [4.78, 5) is 16.9. The molecule has 3 rings (SSSR count). The van der Waals surface area contributed by atoms with E-state index in [1.54, 1.807) is 6.07 Å². The average Bonchev–Trinajstić information content (AvgIpc) is 3.08. The van der Waals surface area contributed by atoms with Gasteiger partial charge in [0, 0.05) is 43.8 Å². The molecule has 1 aliphatic rings. The molecule has 1 aromatic carbocycles. The molecule has 1 N–H and O–H groups in total. The van der Waals surface area contributed by atoms with Crippen LogP contribution >= 0.6 is 11.6 Å². The monoisotopic (exact) mass is 392 g/mol. The Labute approximate surface area is 164 Å². The zero-order chi connectivity index (χ0) is 19.2. The number of aryl methyl sites for hydroxylation is 1. The summed E-state index contributed by atoms with van der Waals surface area (Å²) in [5, 5.41) is 7.26. The van der Waals surface area contributed by atoms with Crippen LogP contribution in [0.1, 0.15) is 12.6 Å². The Morgan fingerprint density at radius 1 is 1.30 bits per heavy atom. The lowest BCUT2D eigenvalue weighted by Gasteiger charge is -2.37. The predicted octanol–water partition coefficient (Wildman–Crippen LogP) is 2.66. The molecule has 0 aliphatic carbocycles. The van der Waals surface area contributed by atoms with Crippen LogP contribution in [0.4, 0.5) is 5.88 Å². The van der Waals surface area contributed by atoms with E-state index in [1.165, 1.54) is 0 Å². The van der Waals surface area contributed by atoms with Crippen LogP contribution in [0.25, 0.3) is 0 Å². The van der Waals surface area contributed by atoms with Gasteiger partial charge in [-0.3, -0.25) is 19.9 Å². The number of ether oxygens (including phenoxy) is 1. The van der Waals surface area contributed by atoms with Crippen molar-refractivity contribution in [2.75, 3.05) is 44.6 Å². The molecule has 27 heavy (non-hydrogen) atoms. The predicted molar refractivity (Wildman–Crippen MR) is 104 cm³/mol. The number of nitrogens with one attached hydrogen (secondary N) is 1. The quantitative estimate of drug-likeness (QED) is 0.781. The molecule has 0 radical (unpaired) electrons. The van der Waals surface area contributed by atoms with E-state index in [2.05, 4.69) is 20.3 Å². The molecule has 0 bridgehead atoms. The summed E-state index contributed by atoms with van der Waals surface area (Å²) < 4.78 is 10.8. The van der Waals surface area contributed by atoms with Gasteiger partial charge in [-0.2, -0.15) is 0 Å². The number of anilines is 1. The Balaban J connectivity index is 1.37. The van der Waals surface area contributed by atoms with E-state index in [9.17, 15) is 4.79 Å². The molecule has 1 amide bonds. The molecular weight excluding hydrogens is 368 g/mol. The van der Waals surface area contributed by atoms with Crippen molar-refractivity contribution in [3.05, 3.63) is 41.0 Å². The number of carbonyl (C=O) groups is 1. The number of nitrogens with zero attached hydrogens (tertiary/aromatic N) is 3. The topological polar surface area (TPSA) is 70.8 Å². The summed E-state index contributed by atoms with van der Waals surface area (Å²) in [6.07, 6.45) is 0. The standard InChI is InChI=1S/C19H25ClN4O3/c1-14-13-18(27-22-14)21-19(25)15(2)24-9-7-23(8-10-24)11-12-26-17-5-3-16(20)4-6-17/h3-6,13,15H,7-12H2,1-2H3,(H,21,25). The fraction of sp³-hybridized carbons (Fsp3) is 0.474. The van der Waals surface area contributed by atoms with Crippen molar-refractivity contribution in [2.24, 2.45) is 0 Å². The van der Waals surface area contributed by atoms with Gasteiger partial charge in [-0.25, -0.2) is 0 Å². The lowest BCUT2D eigenvalue weighted by Crippen LogP contribution is -2.53. The van der Waals surface area contributed by atoms with Crippen molar-refractivity contribution < 1.29 is 14.1 Å². The van der Waals surface area contributed by atoms with Gasteiger partial charge in [-0.15, -0.1) is 0 Å². The first-order valence-corrected chi connectivity index (χ1v) is 9.48. The van der Waals surface area contributed by atoms with Crippen molar-refractivity contribution in [3.8, 4) is 5.75 Å². The summed E-state index contributed by atoms with van der Waals surface area (Å²) in [7, 11) is 0. The molecule has 1 saturated heterocycles. The molecule has 0 spiro atoms. The summed E-state index contributed by atoms with van der Waals surface area (Å²) in [6, 6.07) is 8.88. The minimum atomic E-state index is -0.220. The molecule has 2 heterocycles. The maximum Gasteiger partial charge on any atom is 0.243 e. The number of piperazine rings is 1. The third-order valence-corrected chi connectivity index (χ3v) is 4.95. The van der Waals surface area contributed by atoms with Gasteiger partial charge in [0.25, 0.3) is 0 Å². The first-order chi connectivity index (χ1) is 13.0. The summed E-state index contributed by atoms with van der Waals surface area (Å²) in [5.74, 6) is 1.14. The first kappa shape index (κ1) is 19.7. The third-order valence-electron chi connectivity index (χ3n) is 4.70. The van der Waals surface area contributed by atoms with E-state index in [0.29, 0.717) is 17.5 Å². The maximum atomic E-state index is 12.4. The first-order valence-electron chi connectivity index (χ1n) is 9.10. The van der Waals surface area contributed by atoms with Crippen molar-refractivity contribution in [1.82, 2.24) is 15.0 Å². The molecule has 8 heteroatoms. The highest BCUT2D eigenvalue weighted by molar-refractivity contribution is 6.30. The van der Waals surface area contributed by atoms with Crippen LogP contribution in [0.2, 0.25) is 5.02 Å². The minimum Gasteiger partial charge on any atom is -0.492 e. The highest BCUT2D eigenvalue weighted by Gasteiger charge is 2.26. The van der Waals surface area contributed by atoms with Crippen LogP contribution in [-0.2, 0) is 4.79 Å². The molecule has 1 unspecified atom stereocenters. The third kappa shape index (κ3) is 5.69. The van der Waals surface area contributed by atoms with Crippen molar-refractivity contribution in [1.29, 1.82) is 0 Å². The van der Waals surface area contributed by atoms with Gasteiger partial charge < -0.3 is 9.26 Å². The Kier molecular flexibility index (Phi) is 6.71. The summed E-state index contributed by atoms with van der Waals surface area (Å²) in [5.41, 5.74) is 0.743. The zero-order valence-corrected chi connectivity index (χ0v) is 16.4. The molecule has 1 aliphatic heterocycles. The lowest BCUT2D eigenvalue weighted by molar-refractivity contribution is -0.121. The summed E-state index contributed by atoms with van der Waals surface area (Å²) in [6.45, 7) is 8.70. The number of hydrogen-bond acceptors (Lipinski definition) is 6. The van der Waals surface area contributed by atoms with Crippen LogP contribution in [0.15, 0.2) is 34.9 Å². The molecule has 7 nitrogen and oxygen atoms in total. The zero-order valence-electron chi connectivity index (χ0n) is 15.7. The second-order valence-electron chi connectivity index (χ2n) is 6.68. The smallest absolute Gasteiger partial charge is 0.243 e. The largest absolute Gasteiger partial charge is 0.492 e. The highest BCUT2D eigenvalue weighted by atomic mass is 35.5. The average molecular weight is 393 g/mol. The van der Waals surface area contributed by atoms with Gasteiger partial charge in [0.15, 0.2) is 0 Å². The van der Waals surface area contributed by atoms with Crippen LogP contribution in [0.5, 0.6) is 5.75 Å². The van der Waals surface area contributed by atoms with Gasteiger partial charge in [-0.1, -0.05) is 16.8 Å². The molecule has 1 fully saturated rings. The fourth-order valence-corrected chi connectivity index (χ4v) is 3.14. The molecule has 2 aromatic rings. The number of hydrogen-bond donors (Lipinski definition) is 1. The number of benzene rings is 1. The van der Waals surface area contributed by atoms with Gasteiger partial charge in [0.1, 0.15) is 12.4 Å². The SMILES string of the molecule is Cc1cc(NC(=O)C(C)N2CCN(CCOc3ccc(Cl)cc3)CC2)on1. The van der Waals surface area contributed by atoms with Gasteiger partial charge >= 0.3 is 0 Å². The lowest BCUT2D eigenvalue weighted by atomic mass is 10.2. The highest BCUT2D eigenvalue weighted by Crippen LogP contribution is 2.16. The fourth-order valence-electron chi connectivity index (χ4n) is 3.01. The Morgan fingerprint density at radius 2 is 2.00 bits per heavy atom. The maximum absolute atomic E-state index is 12.4. The van der Waals surface area contributed by atoms with E-state index in [1.807, 2.05) is 38.1 Å². The Bertz CT molecular complexity index is 742. The van der Waals surface area contributed by atoms with E-state index >= 15 is 0 Å². The van der Waals surface area contributed by atoms with Crippen molar-refractivity contribution >= 4 is 23.4 Å². The molecule has 1 atom stereocenters. The number of carbonyl (C=O) groups excluding carboxylic acids is 1.